The SMILES string of the molecule is CS(=O)(=O)c1ccc(C(=O)Nc2ccc(-n3cnc4ccccc43)nc2)cc1. The van der Waals surface area contributed by atoms with Crippen LogP contribution >= 0.6 is 0 Å². The lowest BCUT2D eigenvalue weighted by Gasteiger charge is -2.08. The number of anilines is 1. The average Bonchev–Trinajstić information content (AvgIpc) is 3.12. The van der Waals surface area contributed by atoms with E-state index in [-0.39, 0.29) is 10.8 Å². The molecule has 7 nitrogen and oxygen atoms in total. The molecule has 2 heterocycles. The topological polar surface area (TPSA) is 94.0 Å². The fraction of sp³-hybridized carbons (Fsp3) is 0.0500. The number of benzene rings is 2. The number of rotatable bonds is 4. The zero-order valence-electron chi connectivity index (χ0n) is 14.9. The molecule has 2 aromatic heterocycles. The van der Waals surface area contributed by atoms with Gasteiger partial charge in [0.05, 0.1) is 27.8 Å². The van der Waals surface area contributed by atoms with Crippen LogP contribution in [-0.2, 0) is 9.84 Å². The van der Waals surface area contributed by atoms with E-state index < -0.39 is 9.84 Å². The van der Waals surface area contributed by atoms with Gasteiger partial charge in [0.2, 0.25) is 0 Å². The summed E-state index contributed by atoms with van der Waals surface area (Å²) in [6.45, 7) is 0. The van der Waals surface area contributed by atoms with Gasteiger partial charge in [-0.3, -0.25) is 9.36 Å². The largest absolute Gasteiger partial charge is 0.321 e. The van der Waals surface area contributed by atoms with Crippen LogP contribution in [0.4, 0.5) is 5.69 Å². The highest BCUT2D eigenvalue weighted by molar-refractivity contribution is 7.90. The highest BCUT2D eigenvalue weighted by atomic mass is 32.2. The van der Waals surface area contributed by atoms with Gasteiger partial charge in [-0.05, 0) is 48.5 Å². The highest BCUT2D eigenvalue weighted by Crippen LogP contribution is 2.18. The first-order valence-corrected chi connectivity index (χ1v) is 10.3. The minimum Gasteiger partial charge on any atom is -0.321 e. The molecule has 28 heavy (non-hydrogen) atoms. The van der Waals surface area contributed by atoms with E-state index in [1.807, 2.05) is 28.8 Å². The number of nitrogens with zero attached hydrogens (tertiary/aromatic N) is 3. The monoisotopic (exact) mass is 392 g/mol. The van der Waals surface area contributed by atoms with Crippen molar-refractivity contribution in [2.24, 2.45) is 0 Å². The number of amides is 1. The van der Waals surface area contributed by atoms with Crippen LogP contribution in [0.1, 0.15) is 10.4 Å². The van der Waals surface area contributed by atoms with Crippen molar-refractivity contribution in [1.82, 2.24) is 14.5 Å². The summed E-state index contributed by atoms with van der Waals surface area (Å²) >= 11 is 0. The molecule has 0 atom stereocenters. The van der Waals surface area contributed by atoms with Crippen molar-refractivity contribution in [2.45, 2.75) is 4.90 Å². The third kappa shape index (κ3) is 3.49. The Balaban J connectivity index is 1.52. The Morgan fingerprint density at radius 2 is 1.71 bits per heavy atom. The number of carbonyl (C=O) groups is 1. The van der Waals surface area contributed by atoms with E-state index in [1.54, 1.807) is 24.7 Å². The summed E-state index contributed by atoms with van der Waals surface area (Å²) in [5.41, 5.74) is 2.71. The summed E-state index contributed by atoms with van der Waals surface area (Å²) in [4.78, 5) is 21.3. The molecular weight excluding hydrogens is 376 g/mol. The second kappa shape index (κ2) is 6.90. The molecule has 0 saturated heterocycles. The van der Waals surface area contributed by atoms with Crippen molar-refractivity contribution in [3.63, 3.8) is 0 Å². The Labute approximate surface area is 161 Å². The van der Waals surface area contributed by atoms with E-state index in [4.69, 9.17) is 0 Å². The van der Waals surface area contributed by atoms with Gasteiger partial charge in [0, 0.05) is 11.8 Å². The Morgan fingerprint density at radius 3 is 2.39 bits per heavy atom. The Hall–Kier alpha value is -3.52. The van der Waals surface area contributed by atoms with Gasteiger partial charge in [0.25, 0.3) is 5.91 Å². The minimum atomic E-state index is -3.30. The molecule has 0 fully saturated rings. The Kier molecular flexibility index (Phi) is 4.40. The Bertz CT molecular complexity index is 1260. The number of pyridine rings is 1. The minimum absolute atomic E-state index is 0.169. The molecule has 4 rings (SSSR count). The first-order chi connectivity index (χ1) is 13.4. The van der Waals surface area contributed by atoms with Crippen LogP contribution < -0.4 is 5.32 Å². The van der Waals surface area contributed by atoms with E-state index in [0.717, 1.165) is 17.3 Å². The summed E-state index contributed by atoms with van der Waals surface area (Å²) in [5.74, 6) is 0.340. The molecule has 2 aromatic carbocycles. The molecule has 0 bridgehead atoms. The van der Waals surface area contributed by atoms with Crippen LogP contribution in [0.25, 0.3) is 16.9 Å². The summed E-state index contributed by atoms with van der Waals surface area (Å²) < 4.78 is 24.9. The van der Waals surface area contributed by atoms with Crippen LogP contribution in [0.15, 0.2) is 78.1 Å². The zero-order valence-corrected chi connectivity index (χ0v) is 15.7. The summed E-state index contributed by atoms with van der Waals surface area (Å²) in [7, 11) is -3.30. The number of hydrogen-bond acceptors (Lipinski definition) is 5. The number of imidazole rings is 1. The molecule has 8 heteroatoms. The van der Waals surface area contributed by atoms with Crippen molar-refractivity contribution in [3.05, 3.63) is 78.8 Å². The van der Waals surface area contributed by atoms with Gasteiger partial charge >= 0.3 is 0 Å². The van der Waals surface area contributed by atoms with Gasteiger partial charge in [-0.1, -0.05) is 12.1 Å². The fourth-order valence-corrected chi connectivity index (χ4v) is 3.43. The van der Waals surface area contributed by atoms with Gasteiger partial charge < -0.3 is 5.32 Å². The molecule has 1 N–H and O–H groups in total. The van der Waals surface area contributed by atoms with E-state index in [2.05, 4.69) is 15.3 Å². The number of aromatic nitrogens is 3. The smallest absolute Gasteiger partial charge is 0.255 e. The van der Waals surface area contributed by atoms with Crippen LogP contribution in [0.3, 0.4) is 0 Å². The maximum Gasteiger partial charge on any atom is 0.255 e. The normalized spacial score (nSPS) is 11.5. The van der Waals surface area contributed by atoms with Gasteiger partial charge in [0.1, 0.15) is 12.1 Å². The second-order valence-corrected chi connectivity index (χ2v) is 8.27. The van der Waals surface area contributed by atoms with E-state index >= 15 is 0 Å². The molecule has 0 aliphatic rings. The maximum absolute atomic E-state index is 12.4. The first-order valence-electron chi connectivity index (χ1n) is 8.42. The van der Waals surface area contributed by atoms with E-state index in [9.17, 15) is 13.2 Å². The number of fused-ring (bicyclic) bond motifs is 1. The molecule has 0 aliphatic carbocycles. The third-order valence-electron chi connectivity index (χ3n) is 4.25. The molecule has 0 spiro atoms. The fourth-order valence-electron chi connectivity index (χ4n) is 2.80. The lowest BCUT2D eigenvalue weighted by molar-refractivity contribution is 0.102. The molecule has 140 valence electrons. The van der Waals surface area contributed by atoms with Crippen LogP contribution in [0, 0.1) is 0 Å². The molecule has 0 unspecified atom stereocenters. The predicted molar refractivity (Wildman–Crippen MR) is 106 cm³/mol. The second-order valence-electron chi connectivity index (χ2n) is 6.26. The maximum atomic E-state index is 12.4. The molecular formula is C20H16N4O3S. The molecule has 4 aromatic rings. The van der Waals surface area contributed by atoms with Crippen molar-refractivity contribution in [3.8, 4) is 5.82 Å². The van der Waals surface area contributed by atoms with Crippen LogP contribution in [-0.4, -0.2) is 35.1 Å². The van der Waals surface area contributed by atoms with Gasteiger partial charge in [-0.25, -0.2) is 18.4 Å². The van der Waals surface area contributed by atoms with Crippen molar-refractivity contribution < 1.29 is 13.2 Å². The van der Waals surface area contributed by atoms with Crippen LogP contribution in [0.2, 0.25) is 0 Å². The van der Waals surface area contributed by atoms with Gasteiger partial charge in [-0.2, -0.15) is 0 Å². The summed E-state index contributed by atoms with van der Waals surface area (Å²) in [6, 6.07) is 17.1. The standard InChI is InChI=1S/C20H16N4O3S/c1-28(26,27)16-9-6-14(7-10-16)20(25)23-15-8-11-19(21-12-15)24-13-22-17-4-2-3-5-18(17)24/h2-13H,1H3,(H,23,25). The third-order valence-corrected chi connectivity index (χ3v) is 5.38. The summed E-state index contributed by atoms with van der Waals surface area (Å²) in [5, 5.41) is 2.75. The average molecular weight is 392 g/mol. The molecule has 0 radical (unpaired) electrons. The summed E-state index contributed by atoms with van der Waals surface area (Å²) in [6.07, 6.45) is 4.39. The number of carbonyl (C=O) groups excluding carboxylic acids is 1. The van der Waals surface area contributed by atoms with Crippen molar-refractivity contribution in [1.29, 1.82) is 0 Å². The van der Waals surface area contributed by atoms with Crippen molar-refractivity contribution in [2.75, 3.05) is 11.6 Å². The number of nitrogens with one attached hydrogen (secondary N) is 1. The lowest BCUT2D eigenvalue weighted by atomic mass is 10.2. The molecule has 0 saturated carbocycles. The van der Waals surface area contributed by atoms with Crippen molar-refractivity contribution >= 4 is 32.5 Å². The van der Waals surface area contributed by atoms with E-state index in [1.165, 1.54) is 24.3 Å². The highest BCUT2D eigenvalue weighted by Gasteiger charge is 2.11. The number of para-hydroxylation sites is 2. The lowest BCUT2D eigenvalue weighted by Crippen LogP contribution is -2.12. The van der Waals surface area contributed by atoms with Crippen LogP contribution in [0.5, 0.6) is 0 Å². The van der Waals surface area contributed by atoms with E-state index in [0.29, 0.717) is 17.1 Å². The van der Waals surface area contributed by atoms with Gasteiger partial charge in [-0.15, -0.1) is 0 Å². The van der Waals surface area contributed by atoms with Gasteiger partial charge in [0.15, 0.2) is 9.84 Å². The quantitative estimate of drug-likeness (QED) is 0.576. The molecule has 1 amide bonds. The zero-order chi connectivity index (χ0) is 19.7. The molecule has 0 aliphatic heterocycles. The predicted octanol–water partition coefficient (Wildman–Crippen LogP) is 3.08. The number of hydrogen-bond donors (Lipinski definition) is 1. The Morgan fingerprint density at radius 1 is 0.964 bits per heavy atom. The first kappa shape index (κ1) is 17.9. The number of sulfone groups is 1.